The van der Waals surface area contributed by atoms with E-state index in [4.69, 9.17) is 14.2 Å². The number of carbonyl (C=O) groups excluding carboxylic acids is 1. The van der Waals surface area contributed by atoms with Crippen molar-refractivity contribution >= 4 is 12.1 Å². The van der Waals surface area contributed by atoms with Gasteiger partial charge in [-0.3, -0.25) is 4.79 Å². The number of carbonyl (C=O) groups is 1. The van der Waals surface area contributed by atoms with Gasteiger partial charge in [0.05, 0.1) is 12.8 Å². The molecule has 3 rings (SSSR count). The van der Waals surface area contributed by atoms with Gasteiger partial charge in [0.1, 0.15) is 23.9 Å². The van der Waals surface area contributed by atoms with Gasteiger partial charge in [-0.25, -0.2) is 5.43 Å². The minimum Gasteiger partial charge on any atom is -0.494 e. The number of rotatable bonds is 12. The third-order valence-corrected chi connectivity index (χ3v) is 4.77. The van der Waals surface area contributed by atoms with Crippen molar-refractivity contribution in [2.24, 2.45) is 5.10 Å². The second kappa shape index (κ2) is 12.9. The van der Waals surface area contributed by atoms with Crippen LogP contribution in [0.2, 0.25) is 0 Å². The van der Waals surface area contributed by atoms with E-state index in [1.807, 2.05) is 36.4 Å². The number of hydrazone groups is 1. The number of nitrogens with one attached hydrogen (secondary N) is 1. The minimum atomic E-state index is -0.340. The Morgan fingerprint density at radius 1 is 0.848 bits per heavy atom. The molecule has 3 aromatic carbocycles. The number of unbranched alkanes of at least 4 members (excludes halogenated alkanes) is 1. The number of ether oxygens (including phenoxy) is 3. The van der Waals surface area contributed by atoms with Crippen molar-refractivity contribution in [2.75, 3.05) is 13.2 Å². The van der Waals surface area contributed by atoms with Gasteiger partial charge < -0.3 is 14.2 Å². The Morgan fingerprint density at radius 2 is 1.45 bits per heavy atom. The molecule has 1 N–H and O–H groups in total. The van der Waals surface area contributed by atoms with E-state index in [0.717, 1.165) is 35.5 Å². The summed E-state index contributed by atoms with van der Waals surface area (Å²) in [5.74, 6) is 1.81. The summed E-state index contributed by atoms with van der Waals surface area (Å²) >= 11 is 0. The van der Waals surface area contributed by atoms with Crippen molar-refractivity contribution in [3.63, 3.8) is 0 Å². The Balaban J connectivity index is 1.36. The van der Waals surface area contributed by atoms with Gasteiger partial charge in [0.25, 0.3) is 5.91 Å². The van der Waals surface area contributed by atoms with E-state index in [1.54, 1.807) is 18.3 Å². The normalized spacial score (nSPS) is 10.7. The van der Waals surface area contributed by atoms with Gasteiger partial charge in [0.2, 0.25) is 0 Å². The van der Waals surface area contributed by atoms with Gasteiger partial charge in [0, 0.05) is 0 Å². The Kier molecular flexibility index (Phi) is 9.33. The van der Waals surface area contributed by atoms with Crippen molar-refractivity contribution in [2.45, 2.75) is 33.3 Å². The number of aryl methyl sites for hydroxylation is 1. The predicted octanol–water partition coefficient (Wildman–Crippen LogP) is 5.28. The van der Waals surface area contributed by atoms with Crippen LogP contribution in [0.1, 0.15) is 36.5 Å². The second-order valence-corrected chi connectivity index (χ2v) is 7.60. The first-order chi connectivity index (χ1) is 16.1. The van der Waals surface area contributed by atoms with Crippen LogP contribution in [0.5, 0.6) is 17.2 Å². The monoisotopic (exact) mass is 446 g/mol. The molecule has 33 heavy (non-hydrogen) atoms. The zero-order valence-corrected chi connectivity index (χ0v) is 19.1. The molecule has 0 aliphatic heterocycles. The molecule has 0 radical (unpaired) electrons. The van der Waals surface area contributed by atoms with Crippen molar-refractivity contribution in [1.82, 2.24) is 5.43 Å². The topological polar surface area (TPSA) is 69.2 Å². The fourth-order valence-corrected chi connectivity index (χ4v) is 2.83. The molecule has 0 bridgehead atoms. The summed E-state index contributed by atoms with van der Waals surface area (Å²) < 4.78 is 16.9. The van der Waals surface area contributed by atoms with E-state index in [9.17, 15) is 4.79 Å². The zero-order chi connectivity index (χ0) is 23.3. The molecular formula is C27H30N2O4. The van der Waals surface area contributed by atoms with Crippen LogP contribution in [0.4, 0.5) is 0 Å². The standard InChI is InChI=1S/C27H30N2O4/c1-3-4-17-31-24-13-15-26(16-14-24)33-20-27(30)29-28-18-22-9-11-25(12-10-22)32-19-23-7-5-21(2)6-8-23/h5-16,18H,3-4,17,19-20H2,1-2H3,(H,29,30)/b28-18+. The lowest BCUT2D eigenvalue weighted by Crippen LogP contribution is -2.24. The smallest absolute Gasteiger partial charge is 0.277 e. The highest BCUT2D eigenvalue weighted by molar-refractivity contribution is 5.83. The molecule has 0 saturated heterocycles. The van der Waals surface area contributed by atoms with Crippen LogP contribution < -0.4 is 19.6 Å². The second-order valence-electron chi connectivity index (χ2n) is 7.60. The molecule has 0 heterocycles. The molecule has 0 saturated carbocycles. The quantitative estimate of drug-likeness (QED) is 0.233. The Bertz CT molecular complexity index is 1010. The SMILES string of the molecule is CCCCOc1ccc(OCC(=O)N/N=C/c2ccc(OCc3ccc(C)cc3)cc2)cc1. The van der Waals surface area contributed by atoms with E-state index in [2.05, 4.69) is 48.6 Å². The molecule has 0 atom stereocenters. The number of hydrogen-bond donors (Lipinski definition) is 1. The maximum atomic E-state index is 11.9. The van der Waals surface area contributed by atoms with Crippen molar-refractivity contribution in [1.29, 1.82) is 0 Å². The van der Waals surface area contributed by atoms with Crippen LogP contribution in [-0.2, 0) is 11.4 Å². The highest BCUT2D eigenvalue weighted by atomic mass is 16.5. The van der Waals surface area contributed by atoms with Crippen LogP contribution in [0.15, 0.2) is 77.9 Å². The molecule has 0 aliphatic carbocycles. The van der Waals surface area contributed by atoms with Gasteiger partial charge in [-0.2, -0.15) is 5.10 Å². The molecule has 0 fully saturated rings. The molecule has 6 nitrogen and oxygen atoms in total. The average molecular weight is 447 g/mol. The van der Waals surface area contributed by atoms with Crippen molar-refractivity contribution in [3.05, 3.63) is 89.5 Å². The average Bonchev–Trinajstić information content (AvgIpc) is 2.84. The molecule has 0 aromatic heterocycles. The van der Waals surface area contributed by atoms with Crippen molar-refractivity contribution < 1.29 is 19.0 Å². The molecule has 0 aliphatic rings. The summed E-state index contributed by atoms with van der Waals surface area (Å²) in [6, 6.07) is 23.0. The Hall–Kier alpha value is -3.80. The third kappa shape index (κ3) is 8.69. The van der Waals surface area contributed by atoms with Gasteiger partial charge in [0.15, 0.2) is 6.61 Å². The van der Waals surface area contributed by atoms with Crippen LogP contribution >= 0.6 is 0 Å². The molecule has 172 valence electrons. The number of benzene rings is 3. The number of hydrogen-bond acceptors (Lipinski definition) is 5. The molecule has 0 spiro atoms. The van der Waals surface area contributed by atoms with E-state index in [0.29, 0.717) is 19.0 Å². The van der Waals surface area contributed by atoms with Crippen LogP contribution in [0, 0.1) is 6.92 Å². The van der Waals surface area contributed by atoms with E-state index in [1.165, 1.54) is 5.56 Å². The Labute approximate surface area is 195 Å². The fourth-order valence-electron chi connectivity index (χ4n) is 2.83. The highest BCUT2D eigenvalue weighted by Crippen LogP contribution is 2.18. The van der Waals surface area contributed by atoms with E-state index in [-0.39, 0.29) is 12.5 Å². The maximum Gasteiger partial charge on any atom is 0.277 e. The first-order valence-corrected chi connectivity index (χ1v) is 11.1. The predicted molar refractivity (Wildman–Crippen MR) is 130 cm³/mol. The Morgan fingerprint density at radius 3 is 2.12 bits per heavy atom. The molecular weight excluding hydrogens is 416 g/mol. The lowest BCUT2D eigenvalue weighted by Gasteiger charge is -2.08. The van der Waals surface area contributed by atoms with Gasteiger partial charge in [-0.15, -0.1) is 0 Å². The fraction of sp³-hybridized carbons (Fsp3) is 0.259. The van der Waals surface area contributed by atoms with Crippen LogP contribution in [0.25, 0.3) is 0 Å². The maximum absolute atomic E-state index is 11.9. The molecule has 0 unspecified atom stereocenters. The first kappa shape index (κ1) is 23.9. The molecule has 6 heteroatoms. The van der Waals surface area contributed by atoms with Crippen LogP contribution in [0.3, 0.4) is 0 Å². The van der Waals surface area contributed by atoms with Gasteiger partial charge in [-0.05, 0) is 73.0 Å². The highest BCUT2D eigenvalue weighted by Gasteiger charge is 2.02. The van der Waals surface area contributed by atoms with Gasteiger partial charge >= 0.3 is 0 Å². The summed E-state index contributed by atoms with van der Waals surface area (Å²) in [6.07, 6.45) is 3.68. The zero-order valence-electron chi connectivity index (χ0n) is 19.1. The number of nitrogens with zero attached hydrogens (tertiary/aromatic N) is 1. The summed E-state index contributed by atoms with van der Waals surface area (Å²) in [7, 11) is 0. The molecule has 1 amide bonds. The summed E-state index contributed by atoms with van der Waals surface area (Å²) in [6.45, 7) is 5.26. The van der Waals surface area contributed by atoms with E-state index < -0.39 is 0 Å². The number of amides is 1. The van der Waals surface area contributed by atoms with Crippen molar-refractivity contribution in [3.8, 4) is 17.2 Å². The lowest BCUT2D eigenvalue weighted by atomic mass is 10.2. The van der Waals surface area contributed by atoms with Gasteiger partial charge in [-0.1, -0.05) is 43.2 Å². The third-order valence-electron chi connectivity index (χ3n) is 4.77. The van der Waals surface area contributed by atoms with Crippen LogP contribution in [-0.4, -0.2) is 25.3 Å². The largest absolute Gasteiger partial charge is 0.494 e. The van der Waals surface area contributed by atoms with E-state index >= 15 is 0 Å². The lowest BCUT2D eigenvalue weighted by molar-refractivity contribution is -0.123. The molecule has 3 aromatic rings. The first-order valence-electron chi connectivity index (χ1n) is 11.1. The summed E-state index contributed by atoms with van der Waals surface area (Å²) in [4.78, 5) is 11.9. The minimum absolute atomic E-state index is 0.126. The summed E-state index contributed by atoms with van der Waals surface area (Å²) in [5.41, 5.74) is 5.65. The summed E-state index contributed by atoms with van der Waals surface area (Å²) in [5, 5.41) is 3.98.